The minimum Gasteiger partial charge on any atom is -0.442 e. The second-order valence-electron chi connectivity index (χ2n) is 3.42. The lowest BCUT2D eigenvalue weighted by atomic mass is 10.2. The van der Waals surface area contributed by atoms with Crippen LogP contribution in [0, 0.1) is 0 Å². The van der Waals surface area contributed by atoms with E-state index >= 15 is 0 Å². The molecule has 1 aromatic rings. The summed E-state index contributed by atoms with van der Waals surface area (Å²) in [5, 5.41) is 6.27. The molecular formula is C11H14N2O2. The summed E-state index contributed by atoms with van der Waals surface area (Å²) < 4.78 is 5.26. The molecule has 0 spiro atoms. The van der Waals surface area contributed by atoms with Gasteiger partial charge in [0.15, 0.2) is 6.23 Å². The van der Waals surface area contributed by atoms with Crippen LogP contribution in [0.4, 0.5) is 0 Å². The highest BCUT2D eigenvalue weighted by Gasteiger charge is 2.17. The molecule has 1 atom stereocenters. The number of esters is 1. The molecule has 0 amide bonds. The third kappa shape index (κ3) is 2.78. The lowest BCUT2D eigenvalue weighted by molar-refractivity contribution is 0.0180. The van der Waals surface area contributed by atoms with E-state index in [2.05, 4.69) is 10.6 Å². The van der Waals surface area contributed by atoms with Gasteiger partial charge in [-0.25, -0.2) is 4.79 Å². The summed E-state index contributed by atoms with van der Waals surface area (Å²) in [5.41, 5.74) is 0.588. The van der Waals surface area contributed by atoms with Crippen LogP contribution in [-0.2, 0) is 4.74 Å². The fraction of sp³-hybridized carbons (Fsp3) is 0.364. The standard InChI is InChI=1S/C11H14N2O2/c14-11(9-4-2-1-3-5-9)15-10-8-12-6-7-13-10/h1-5,10,12-13H,6-8H2. The van der Waals surface area contributed by atoms with Crippen molar-refractivity contribution < 1.29 is 9.53 Å². The Kier molecular flexibility index (Phi) is 3.32. The van der Waals surface area contributed by atoms with Gasteiger partial charge < -0.3 is 10.1 Å². The zero-order chi connectivity index (χ0) is 10.5. The number of carbonyl (C=O) groups excluding carboxylic acids is 1. The molecule has 15 heavy (non-hydrogen) atoms. The van der Waals surface area contributed by atoms with Crippen molar-refractivity contribution >= 4 is 5.97 Å². The quantitative estimate of drug-likeness (QED) is 0.686. The van der Waals surface area contributed by atoms with Crippen LogP contribution in [0.5, 0.6) is 0 Å². The Labute approximate surface area is 88.6 Å². The van der Waals surface area contributed by atoms with E-state index in [1.807, 2.05) is 18.2 Å². The molecule has 1 unspecified atom stereocenters. The van der Waals surface area contributed by atoms with Crippen LogP contribution < -0.4 is 10.6 Å². The highest BCUT2D eigenvalue weighted by atomic mass is 16.6. The van der Waals surface area contributed by atoms with Crippen molar-refractivity contribution in [3.63, 3.8) is 0 Å². The van der Waals surface area contributed by atoms with Gasteiger partial charge in [-0.1, -0.05) is 18.2 Å². The van der Waals surface area contributed by atoms with Gasteiger partial charge in [0.2, 0.25) is 0 Å². The molecular weight excluding hydrogens is 192 g/mol. The number of nitrogens with one attached hydrogen (secondary N) is 2. The number of carbonyl (C=O) groups is 1. The Morgan fingerprint density at radius 2 is 2.07 bits per heavy atom. The van der Waals surface area contributed by atoms with Crippen LogP contribution in [0.15, 0.2) is 30.3 Å². The molecule has 0 aliphatic carbocycles. The topological polar surface area (TPSA) is 50.4 Å². The molecule has 1 saturated heterocycles. The van der Waals surface area contributed by atoms with Gasteiger partial charge in [0.25, 0.3) is 0 Å². The summed E-state index contributed by atoms with van der Waals surface area (Å²) >= 11 is 0. The minimum absolute atomic E-state index is 0.216. The van der Waals surface area contributed by atoms with E-state index < -0.39 is 0 Å². The molecule has 4 nitrogen and oxygen atoms in total. The Balaban J connectivity index is 1.91. The first-order valence-corrected chi connectivity index (χ1v) is 5.06. The Hall–Kier alpha value is -1.39. The van der Waals surface area contributed by atoms with Gasteiger partial charge in [-0.05, 0) is 12.1 Å². The number of rotatable bonds is 2. The molecule has 1 aromatic carbocycles. The van der Waals surface area contributed by atoms with E-state index in [0.29, 0.717) is 12.1 Å². The number of ether oxygens (including phenoxy) is 1. The Morgan fingerprint density at radius 3 is 2.73 bits per heavy atom. The second kappa shape index (κ2) is 4.91. The van der Waals surface area contributed by atoms with Crippen LogP contribution in [0.25, 0.3) is 0 Å². The van der Waals surface area contributed by atoms with E-state index in [1.165, 1.54) is 0 Å². The maximum Gasteiger partial charge on any atom is 0.339 e. The summed E-state index contributed by atoms with van der Waals surface area (Å²) in [5.74, 6) is -0.281. The third-order valence-electron chi connectivity index (χ3n) is 2.26. The number of piperazine rings is 1. The Bertz CT molecular complexity index is 321. The summed E-state index contributed by atoms with van der Waals surface area (Å²) in [4.78, 5) is 11.6. The SMILES string of the molecule is O=C(OC1CNCCN1)c1ccccc1. The molecule has 1 aliphatic heterocycles. The van der Waals surface area contributed by atoms with E-state index in [0.717, 1.165) is 13.1 Å². The first kappa shape index (κ1) is 10.1. The molecule has 1 heterocycles. The van der Waals surface area contributed by atoms with Gasteiger partial charge in [0, 0.05) is 19.6 Å². The maximum atomic E-state index is 11.6. The Morgan fingerprint density at radius 1 is 1.27 bits per heavy atom. The van der Waals surface area contributed by atoms with E-state index in [4.69, 9.17) is 4.74 Å². The second-order valence-corrected chi connectivity index (χ2v) is 3.42. The molecule has 4 heteroatoms. The van der Waals surface area contributed by atoms with E-state index in [1.54, 1.807) is 12.1 Å². The third-order valence-corrected chi connectivity index (χ3v) is 2.26. The number of benzene rings is 1. The van der Waals surface area contributed by atoms with Crippen molar-refractivity contribution in [2.45, 2.75) is 6.23 Å². The van der Waals surface area contributed by atoms with E-state index in [9.17, 15) is 4.79 Å². The normalized spacial score (nSPS) is 20.9. The van der Waals surface area contributed by atoms with Crippen LogP contribution in [0.1, 0.15) is 10.4 Å². The van der Waals surface area contributed by atoms with Gasteiger partial charge in [-0.2, -0.15) is 0 Å². The zero-order valence-corrected chi connectivity index (χ0v) is 8.40. The van der Waals surface area contributed by atoms with Crippen molar-refractivity contribution in [3.05, 3.63) is 35.9 Å². The van der Waals surface area contributed by atoms with Gasteiger partial charge in [0.05, 0.1) is 5.56 Å². The summed E-state index contributed by atoms with van der Waals surface area (Å²) in [6, 6.07) is 9.01. The van der Waals surface area contributed by atoms with Crippen molar-refractivity contribution in [3.8, 4) is 0 Å². The van der Waals surface area contributed by atoms with Crippen molar-refractivity contribution in [1.29, 1.82) is 0 Å². The lowest BCUT2D eigenvalue weighted by Gasteiger charge is -2.24. The molecule has 0 radical (unpaired) electrons. The van der Waals surface area contributed by atoms with Crippen molar-refractivity contribution in [2.24, 2.45) is 0 Å². The average molecular weight is 206 g/mol. The molecule has 1 aliphatic rings. The smallest absolute Gasteiger partial charge is 0.339 e. The monoisotopic (exact) mass is 206 g/mol. The zero-order valence-electron chi connectivity index (χ0n) is 8.40. The van der Waals surface area contributed by atoms with Crippen LogP contribution in [-0.4, -0.2) is 31.8 Å². The fourth-order valence-electron chi connectivity index (χ4n) is 1.48. The largest absolute Gasteiger partial charge is 0.442 e. The van der Waals surface area contributed by atoms with Crippen molar-refractivity contribution in [1.82, 2.24) is 10.6 Å². The average Bonchev–Trinajstić information content (AvgIpc) is 2.31. The predicted molar refractivity (Wildman–Crippen MR) is 56.5 cm³/mol. The maximum absolute atomic E-state index is 11.6. The van der Waals surface area contributed by atoms with Crippen LogP contribution in [0.2, 0.25) is 0 Å². The van der Waals surface area contributed by atoms with Gasteiger partial charge in [-0.15, -0.1) is 0 Å². The van der Waals surface area contributed by atoms with E-state index in [-0.39, 0.29) is 12.2 Å². The molecule has 80 valence electrons. The van der Waals surface area contributed by atoms with Gasteiger partial charge in [-0.3, -0.25) is 5.32 Å². The molecule has 2 N–H and O–H groups in total. The minimum atomic E-state index is -0.281. The summed E-state index contributed by atoms with van der Waals surface area (Å²) in [6.45, 7) is 2.41. The molecule has 2 rings (SSSR count). The predicted octanol–water partition coefficient (Wildman–Crippen LogP) is 0.362. The molecule has 1 fully saturated rings. The lowest BCUT2D eigenvalue weighted by Crippen LogP contribution is -2.50. The van der Waals surface area contributed by atoms with Crippen LogP contribution >= 0.6 is 0 Å². The number of hydrogen-bond donors (Lipinski definition) is 2. The van der Waals surface area contributed by atoms with Gasteiger partial charge >= 0.3 is 5.97 Å². The summed E-state index contributed by atoms with van der Waals surface area (Å²) in [7, 11) is 0. The molecule has 0 bridgehead atoms. The highest BCUT2D eigenvalue weighted by molar-refractivity contribution is 5.89. The fourth-order valence-corrected chi connectivity index (χ4v) is 1.48. The van der Waals surface area contributed by atoms with Gasteiger partial charge in [0.1, 0.15) is 0 Å². The van der Waals surface area contributed by atoms with Crippen LogP contribution in [0.3, 0.4) is 0 Å². The first-order valence-electron chi connectivity index (χ1n) is 5.06. The molecule has 0 aromatic heterocycles. The number of hydrogen-bond acceptors (Lipinski definition) is 4. The highest BCUT2D eigenvalue weighted by Crippen LogP contribution is 2.03. The van der Waals surface area contributed by atoms with Crippen molar-refractivity contribution in [2.75, 3.05) is 19.6 Å². The molecule has 0 saturated carbocycles. The summed E-state index contributed by atoms with van der Waals surface area (Å²) in [6.07, 6.45) is -0.216. The first-order chi connectivity index (χ1) is 7.36.